The lowest BCUT2D eigenvalue weighted by Gasteiger charge is -2.33. The highest BCUT2D eigenvalue weighted by Crippen LogP contribution is 2.36. The molecule has 0 radical (unpaired) electrons. The minimum atomic E-state index is 0.333. The summed E-state index contributed by atoms with van der Waals surface area (Å²) in [5, 5.41) is 23.7. The van der Waals surface area contributed by atoms with Gasteiger partial charge in [0, 0.05) is 0 Å². The van der Waals surface area contributed by atoms with Gasteiger partial charge in [0.2, 0.25) is 0 Å². The van der Waals surface area contributed by atoms with Gasteiger partial charge < -0.3 is 10.4 Å². The first-order valence-electron chi connectivity index (χ1n) is 8.07. The summed E-state index contributed by atoms with van der Waals surface area (Å²) in [5.41, 5.74) is 2.63. The van der Waals surface area contributed by atoms with Crippen molar-refractivity contribution in [1.82, 2.24) is 0 Å². The highest BCUT2D eigenvalue weighted by Gasteiger charge is 2.29. The van der Waals surface area contributed by atoms with Crippen LogP contribution in [0.3, 0.4) is 0 Å². The van der Waals surface area contributed by atoms with Gasteiger partial charge in [-0.25, -0.2) is 0 Å². The van der Waals surface area contributed by atoms with Gasteiger partial charge in [-0.3, -0.25) is 0 Å². The predicted molar refractivity (Wildman–Crippen MR) is 87.5 cm³/mol. The summed E-state index contributed by atoms with van der Waals surface area (Å²) >= 11 is 0. The number of nitrogens with zero attached hydrogens (tertiary/aromatic N) is 2. The lowest BCUT2D eigenvalue weighted by Crippen LogP contribution is -2.27. The highest BCUT2D eigenvalue weighted by molar-refractivity contribution is 5.85. The van der Waals surface area contributed by atoms with E-state index in [2.05, 4.69) is 44.9 Å². The van der Waals surface area contributed by atoms with E-state index >= 15 is 0 Å². The van der Waals surface area contributed by atoms with E-state index in [1.807, 2.05) is 0 Å². The Bertz CT molecular complexity index is 398. The monoisotopic (exact) mass is 296 g/mol. The summed E-state index contributed by atoms with van der Waals surface area (Å²) < 4.78 is 0. The lowest BCUT2D eigenvalue weighted by atomic mass is 9.72. The largest absolute Gasteiger partial charge is 0.411 e. The van der Waals surface area contributed by atoms with Crippen LogP contribution in [0.15, 0.2) is 10.3 Å². The van der Waals surface area contributed by atoms with Crippen molar-refractivity contribution in [2.45, 2.75) is 79.6 Å². The van der Waals surface area contributed by atoms with Crippen molar-refractivity contribution in [2.75, 3.05) is 0 Å². The van der Waals surface area contributed by atoms with Crippen LogP contribution in [0.4, 0.5) is 0 Å². The van der Waals surface area contributed by atoms with Crippen molar-refractivity contribution in [1.29, 1.82) is 0 Å². The van der Waals surface area contributed by atoms with Gasteiger partial charge in [0.1, 0.15) is 0 Å². The zero-order valence-corrected chi connectivity index (χ0v) is 14.3. The van der Waals surface area contributed by atoms with Gasteiger partial charge in [0.25, 0.3) is 0 Å². The van der Waals surface area contributed by atoms with E-state index in [1.54, 1.807) is 0 Å². The van der Waals surface area contributed by atoms with Gasteiger partial charge in [-0.2, -0.15) is 0 Å². The minimum Gasteiger partial charge on any atom is -0.411 e. The molecule has 0 bridgehead atoms. The molecule has 2 aliphatic rings. The van der Waals surface area contributed by atoms with E-state index < -0.39 is 0 Å². The second kappa shape index (κ2) is 7.28. The molecule has 0 aromatic carbocycles. The second-order valence-electron chi connectivity index (χ2n) is 8.38. The first-order chi connectivity index (χ1) is 9.67. The fourth-order valence-corrected chi connectivity index (χ4v) is 3.78. The summed E-state index contributed by atoms with van der Waals surface area (Å²) in [6.07, 6.45) is 7.54. The SMILES string of the molecule is CC1(C)CCCC(=NO)C1.CC1CC(=NO)CC(C)(C)C1. The molecule has 4 nitrogen and oxygen atoms in total. The molecule has 122 valence electrons. The van der Waals surface area contributed by atoms with Crippen molar-refractivity contribution in [2.24, 2.45) is 27.1 Å². The average molecular weight is 296 g/mol. The van der Waals surface area contributed by atoms with Crippen LogP contribution in [0.2, 0.25) is 0 Å². The fraction of sp³-hybridized carbons (Fsp3) is 0.882. The molecule has 0 aliphatic heterocycles. The van der Waals surface area contributed by atoms with Crippen molar-refractivity contribution in [3.63, 3.8) is 0 Å². The third-order valence-corrected chi connectivity index (χ3v) is 4.45. The molecule has 0 aromatic rings. The van der Waals surface area contributed by atoms with Gasteiger partial charge in [0.05, 0.1) is 11.4 Å². The Morgan fingerprint density at radius 1 is 0.952 bits per heavy atom. The summed E-state index contributed by atoms with van der Waals surface area (Å²) in [6.45, 7) is 11.1. The summed E-state index contributed by atoms with van der Waals surface area (Å²) in [7, 11) is 0. The molecule has 2 fully saturated rings. The van der Waals surface area contributed by atoms with Crippen LogP contribution in [0.25, 0.3) is 0 Å². The van der Waals surface area contributed by atoms with Crippen molar-refractivity contribution >= 4 is 11.4 Å². The molecule has 21 heavy (non-hydrogen) atoms. The Labute approximate surface area is 129 Å². The maximum atomic E-state index is 8.63. The summed E-state index contributed by atoms with van der Waals surface area (Å²) in [6, 6.07) is 0. The van der Waals surface area contributed by atoms with E-state index in [9.17, 15) is 0 Å². The maximum absolute atomic E-state index is 8.63. The van der Waals surface area contributed by atoms with Crippen LogP contribution in [0.5, 0.6) is 0 Å². The molecule has 0 amide bonds. The van der Waals surface area contributed by atoms with Crippen LogP contribution >= 0.6 is 0 Å². The first kappa shape index (κ1) is 18.0. The molecule has 4 heteroatoms. The summed E-state index contributed by atoms with van der Waals surface area (Å²) in [4.78, 5) is 0. The Morgan fingerprint density at radius 3 is 1.95 bits per heavy atom. The van der Waals surface area contributed by atoms with Gasteiger partial charge in [-0.15, -0.1) is 0 Å². The van der Waals surface area contributed by atoms with Crippen molar-refractivity contribution in [3.8, 4) is 0 Å². The lowest BCUT2D eigenvalue weighted by molar-refractivity contribution is 0.249. The molecule has 1 unspecified atom stereocenters. The summed E-state index contributed by atoms with van der Waals surface area (Å²) in [5.74, 6) is 0.671. The van der Waals surface area contributed by atoms with Crippen LogP contribution in [-0.4, -0.2) is 21.8 Å². The van der Waals surface area contributed by atoms with E-state index in [1.165, 1.54) is 19.3 Å². The van der Waals surface area contributed by atoms with Gasteiger partial charge in [0.15, 0.2) is 0 Å². The molecular weight excluding hydrogens is 264 g/mol. The van der Waals surface area contributed by atoms with E-state index in [0.29, 0.717) is 16.7 Å². The van der Waals surface area contributed by atoms with Crippen molar-refractivity contribution < 1.29 is 10.4 Å². The molecule has 0 spiro atoms. The van der Waals surface area contributed by atoms with E-state index in [-0.39, 0.29) is 0 Å². The van der Waals surface area contributed by atoms with E-state index in [0.717, 1.165) is 37.1 Å². The Balaban J connectivity index is 0.000000211. The van der Waals surface area contributed by atoms with Crippen LogP contribution in [-0.2, 0) is 0 Å². The molecule has 0 heterocycles. The standard InChI is InChI=1S/C9H17NO.C8H15NO/c1-7-4-8(10-11)6-9(2,3)5-7;1-8(2)5-3-4-7(6-8)9-10/h7,11H,4-6H2,1-3H3;10H,3-6H2,1-2H3. The Hall–Kier alpha value is -1.06. The third kappa shape index (κ3) is 6.49. The molecule has 2 aliphatic carbocycles. The second-order valence-corrected chi connectivity index (χ2v) is 8.38. The van der Waals surface area contributed by atoms with Crippen LogP contribution < -0.4 is 0 Å². The molecule has 2 saturated carbocycles. The predicted octanol–water partition coefficient (Wildman–Crippen LogP) is 5.08. The van der Waals surface area contributed by atoms with Gasteiger partial charge >= 0.3 is 0 Å². The molecule has 1 atom stereocenters. The average Bonchev–Trinajstić information content (AvgIpc) is 2.35. The number of rotatable bonds is 0. The fourth-order valence-electron chi connectivity index (χ4n) is 3.78. The quantitative estimate of drug-likeness (QED) is 0.483. The molecular formula is C17H32N2O2. The minimum absolute atomic E-state index is 0.333. The number of oxime groups is 2. The third-order valence-electron chi connectivity index (χ3n) is 4.45. The number of hydrogen-bond acceptors (Lipinski definition) is 4. The van der Waals surface area contributed by atoms with Crippen molar-refractivity contribution in [3.05, 3.63) is 0 Å². The van der Waals surface area contributed by atoms with E-state index in [4.69, 9.17) is 10.4 Å². The molecule has 2 rings (SSSR count). The Morgan fingerprint density at radius 2 is 1.52 bits per heavy atom. The molecule has 0 aromatic heterocycles. The van der Waals surface area contributed by atoms with Crippen LogP contribution in [0.1, 0.15) is 79.6 Å². The normalized spacial score (nSPS) is 31.6. The molecule has 0 saturated heterocycles. The van der Waals surface area contributed by atoms with Gasteiger partial charge in [-0.1, -0.05) is 44.9 Å². The van der Waals surface area contributed by atoms with Gasteiger partial charge in [-0.05, 0) is 61.7 Å². The smallest absolute Gasteiger partial charge is 0.0578 e. The Kier molecular flexibility index (Phi) is 6.24. The van der Waals surface area contributed by atoms with Crippen LogP contribution in [0, 0.1) is 16.7 Å². The topological polar surface area (TPSA) is 65.2 Å². The number of hydrogen-bond donors (Lipinski definition) is 2. The maximum Gasteiger partial charge on any atom is 0.0578 e. The zero-order chi connectivity index (χ0) is 16.1. The highest BCUT2D eigenvalue weighted by atomic mass is 16.4. The zero-order valence-electron chi connectivity index (χ0n) is 14.3. The molecule has 2 N–H and O–H groups in total. The first-order valence-corrected chi connectivity index (χ1v) is 8.07.